The number of ether oxygens (including phenoxy) is 2. The molecule has 1 aliphatic carbocycles. The average molecular weight is 299 g/mol. The Labute approximate surface area is 125 Å². The first-order valence-electron chi connectivity index (χ1n) is 7.16. The number of carbonyl (C=O) groups excluding carboxylic acids is 2. The van der Waals surface area contributed by atoms with Crippen molar-refractivity contribution in [1.82, 2.24) is 5.32 Å². The number of allylic oxidation sites excluding steroid dienone is 2. The van der Waals surface area contributed by atoms with Crippen LogP contribution in [0, 0.1) is 5.92 Å². The molecule has 1 aliphatic rings. The number of aliphatic hydroxyl groups excluding tert-OH is 1. The number of rotatable bonds is 4. The summed E-state index contributed by atoms with van der Waals surface area (Å²) in [5, 5.41) is 11.9. The van der Waals surface area contributed by atoms with E-state index in [1.165, 1.54) is 7.11 Å². The summed E-state index contributed by atoms with van der Waals surface area (Å²) in [5.74, 6) is 0.126. The molecule has 2 N–H and O–H groups in total. The van der Waals surface area contributed by atoms with Crippen LogP contribution in [0.4, 0.5) is 4.79 Å². The van der Waals surface area contributed by atoms with Gasteiger partial charge in [0.15, 0.2) is 0 Å². The lowest BCUT2D eigenvalue weighted by Gasteiger charge is -2.26. The number of alkyl carbamates (subject to hydrolysis) is 1. The Morgan fingerprint density at radius 2 is 2.14 bits per heavy atom. The number of carbonyl (C=O) groups is 2. The third-order valence-corrected chi connectivity index (χ3v) is 3.24. The number of amides is 1. The Bertz CT molecular complexity index is 411. The second-order valence-electron chi connectivity index (χ2n) is 6.29. The predicted octanol–water partition coefficient (Wildman–Crippen LogP) is 2.68. The molecule has 6 nitrogen and oxygen atoms in total. The molecule has 0 aromatic rings. The molecule has 1 amide bonds. The lowest BCUT2D eigenvalue weighted by atomic mass is 9.88. The molecule has 0 spiro atoms. The Morgan fingerprint density at radius 1 is 1.48 bits per heavy atom. The molecule has 0 saturated carbocycles. The fraction of sp³-hybridized carbons (Fsp3) is 0.733. The van der Waals surface area contributed by atoms with Crippen molar-refractivity contribution >= 4 is 12.1 Å². The zero-order valence-corrected chi connectivity index (χ0v) is 13.1. The normalized spacial score (nSPS) is 20.2. The molecular weight excluding hydrogens is 274 g/mol. The minimum atomic E-state index is -0.733. The first-order valence-corrected chi connectivity index (χ1v) is 7.16. The monoisotopic (exact) mass is 299 g/mol. The molecule has 0 bridgehead atoms. The third-order valence-electron chi connectivity index (χ3n) is 3.24. The molecule has 0 saturated heterocycles. The minimum absolute atomic E-state index is 0.222. The van der Waals surface area contributed by atoms with Gasteiger partial charge in [0.05, 0.1) is 12.9 Å². The van der Waals surface area contributed by atoms with E-state index in [9.17, 15) is 14.7 Å². The predicted molar refractivity (Wildman–Crippen MR) is 77.8 cm³/mol. The van der Waals surface area contributed by atoms with Crippen LogP contribution in [0.2, 0.25) is 0 Å². The summed E-state index contributed by atoms with van der Waals surface area (Å²) >= 11 is 0. The number of hydrogen-bond donors (Lipinski definition) is 2. The van der Waals surface area contributed by atoms with Crippen LogP contribution < -0.4 is 5.32 Å². The van der Waals surface area contributed by atoms with Crippen molar-refractivity contribution in [2.75, 3.05) is 7.11 Å². The van der Waals surface area contributed by atoms with Crippen molar-refractivity contribution in [3.63, 3.8) is 0 Å². The smallest absolute Gasteiger partial charge is 0.408 e. The molecule has 0 aromatic carbocycles. The van der Waals surface area contributed by atoms with E-state index in [1.807, 2.05) is 0 Å². The maximum atomic E-state index is 11.8. The molecule has 120 valence electrons. The van der Waals surface area contributed by atoms with Gasteiger partial charge in [-0.2, -0.15) is 0 Å². The van der Waals surface area contributed by atoms with Gasteiger partial charge >= 0.3 is 12.1 Å². The van der Waals surface area contributed by atoms with Crippen LogP contribution in [0.1, 0.15) is 46.5 Å². The van der Waals surface area contributed by atoms with E-state index in [2.05, 4.69) is 5.32 Å². The van der Waals surface area contributed by atoms with Gasteiger partial charge in [-0.25, -0.2) is 9.59 Å². The highest BCUT2D eigenvalue weighted by atomic mass is 16.6. The van der Waals surface area contributed by atoms with Crippen LogP contribution in [0.25, 0.3) is 0 Å². The fourth-order valence-electron chi connectivity index (χ4n) is 2.23. The van der Waals surface area contributed by atoms with E-state index in [0.717, 1.165) is 6.42 Å². The van der Waals surface area contributed by atoms with E-state index in [0.29, 0.717) is 25.0 Å². The second-order valence-corrected chi connectivity index (χ2v) is 6.29. The van der Waals surface area contributed by atoms with Gasteiger partial charge in [0.1, 0.15) is 11.6 Å². The summed E-state index contributed by atoms with van der Waals surface area (Å²) < 4.78 is 9.89. The van der Waals surface area contributed by atoms with Crippen molar-refractivity contribution in [3.05, 3.63) is 11.8 Å². The highest BCUT2D eigenvalue weighted by Crippen LogP contribution is 2.26. The van der Waals surface area contributed by atoms with Gasteiger partial charge in [0.25, 0.3) is 0 Å². The summed E-state index contributed by atoms with van der Waals surface area (Å²) in [6.07, 6.45) is 3.67. The van der Waals surface area contributed by atoms with Crippen LogP contribution in [-0.2, 0) is 14.3 Å². The van der Waals surface area contributed by atoms with Crippen LogP contribution in [0.3, 0.4) is 0 Å². The Kier molecular flexibility index (Phi) is 6.05. The van der Waals surface area contributed by atoms with Gasteiger partial charge in [0.2, 0.25) is 0 Å². The van der Waals surface area contributed by atoms with Crippen LogP contribution >= 0.6 is 0 Å². The highest BCUT2D eigenvalue weighted by Gasteiger charge is 2.28. The maximum absolute atomic E-state index is 11.8. The Morgan fingerprint density at radius 3 is 2.62 bits per heavy atom. The molecule has 0 aliphatic heterocycles. The van der Waals surface area contributed by atoms with Crippen LogP contribution in [0.15, 0.2) is 11.8 Å². The largest absolute Gasteiger partial charge is 0.513 e. The van der Waals surface area contributed by atoms with Crippen molar-refractivity contribution in [2.24, 2.45) is 5.92 Å². The van der Waals surface area contributed by atoms with Gasteiger partial charge in [-0.05, 0) is 52.0 Å². The Hall–Kier alpha value is -1.72. The molecule has 0 radical (unpaired) electrons. The van der Waals surface area contributed by atoms with Gasteiger partial charge < -0.3 is 19.9 Å². The molecule has 0 heterocycles. The molecule has 21 heavy (non-hydrogen) atoms. The third kappa shape index (κ3) is 6.51. The maximum Gasteiger partial charge on any atom is 0.408 e. The first-order chi connectivity index (χ1) is 9.71. The summed E-state index contributed by atoms with van der Waals surface area (Å²) in [4.78, 5) is 23.6. The first kappa shape index (κ1) is 17.3. The average Bonchev–Trinajstić information content (AvgIpc) is 2.37. The van der Waals surface area contributed by atoms with E-state index in [4.69, 9.17) is 9.47 Å². The lowest BCUT2D eigenvalue weighted by molar-refractivity contribution is -0.143. The standard InChI is InChI=1S/C15H25NO5/c1-15(2,3)21-14(19)16-12(13(18)20-4)9-10-5-7-11(17)8-6-10/h7,10,12,17H,5-6,8-9H2,1-4H3,(H,16,19)/t10?,12-/m0/s1. The van der Waals surface area contributed by atoms with E-state index < -0.39 is 23.7 Å². The molecule has 1 unspecified atom stereocenters. The number of methoxy groups -OCH3 is 1. The number of nitrogens with one attached hydrogen (secondary N) is 1. The van der Waals surface area contributed by atoms with Crippen molar-refractivity contribution in [3.8, 4) is 0 Å². The van der Waals surface area contributed by atoms with Crippen LogP contribution in [0.5, 0.6) is 0 Å². The quantitative estimate of drug-likeness (QED) is 0.780. The van der Waals surface area contributed by atoms with Crippen molar-refractivity contribution in [1.29, 1.82) is 0 Å². The zero-order valence-electron chi connectivity index (χ0n) is 13.1. The lowest BCUT2D eigenvalue weighted by Crippen LogP contribution is -2.45. The highest BCUT2D eigenvalue weighted by molar-refractivity contribution is 5.81. The van der Waals surface area contributed by atoms with E-state index in [1.54, 1.807) is 26.8 Å². The molecule has 0 aromatic heterocycles. The van der Waals surface area contributed by atoms with E-state index in [-0.39, 0.29) is 5.92 Å². The summed E-state index contributed by atoms with van der Waals surface area (Å²) in [7, 11) is 1.29. The summed E-state index contributed by atoms with van der Waals surface area (Å²) in [5.41, 5.74) is -0.621. The van der Waals surface area contributed by atoms with Gasteiger partial charge in [-0.15, -0.1) is 0 Å². The fourth-order valence-corrected chi connectivity index (χ4v) is 2.23. The molecule has 6 heteroatoms. The second kappa shape index (κ2) is 7.33. The molecule has 2 atom stereocenters. The van der Waals surface area contributed by atoms with Gasteiger partial charge in [0, 0.05) is 6.42 Å². The molecule has 0 fully saturated rings. The number of hydrogen-bond acceptors (Lipinski definition) is 5. The SMILES string of the molecule is COC(=O)[C@H](CC1CC=C(O)CC1)NC(=O)OC(C)(C)C. The van der Waals surface area contributed by atoms with Gasteiger partial charge in [-0.1, -0.05) is 0 Å². The molecule has 1 rings (SSSR count). The minimum Gasteiger partial charge on any atom is -0.513 e. The topological polar surface area (TPSA) is 84.9 Å². The van der Waals surface area contributed by atoms with E-state index >= 15 is 0 Å². The van der Waals surface area contributed by atoms with Crippen molar-refractivity contribution < 1.29 is 24.2 Å². The van der Waals surface area contributed by atoms with Gasteiger partial charge in [-0.3, -0.25) is 0 Å². The summed E-state index contributed by atoms with van der Waals surface area (Å²) in [6.45, 7) is 5.28. The van der Waals surface area contributed by atoms with Crippen LogP contribution in [-0.4, -0.2) is 35.9 Å². The Balaban J connectivity index is 2.60. The summed E-state index contributed by atoms with van der Waals surface area (Å²) in [6, 6.07) is -0.733. The number of aliphatic hydroxyl groups is 1. The molecular formula is C15H25NO5. The number of esters is 1. The zero-order chi connectivity index (χ0) is 16.0. The van der Waals surface area contributed by atoms with Crippen molar-refractivity contribution in [2.45, 2.75) is 58.1 Å².